The predicted octanol–water partition coefficient (Wildman–Crippen LogP) is 3.28. The number of hydrogen-bond acceptors (Lipinski definition) is 3. The lowest BCUT2D eigenvalue weighted by molar-refractivity contribution is 0.598. The lowest BCUT2D eigenvalue weighted by Gasteiger charge is -2.10. The van der Waals surface area contributed by atoms with Crippen molar-refractivity contribution in [3.05, 3.63) is 52.3 Å². The quantitative estimate of drug-likeness (QED) is 0.827. The van der Waals surface area contributed by atoms with Crippen molar-refractivity contribution >= 4 is 37.3 Å². The van der Waals surface area contributed by atoms with Crippen LogP contribution in [0.25, 0.3) is 0 Å². The zero-order valence-electron chi connectivity index (χ0n) is 10.5. The van der Waals surface area contributed by atoms with Crippen LogP contribution in [-0.2, 0) is 10.0 Å². The zero-order chi connectivity index (χ0) is 14.9. The van der Waals surface area contributed by atoms with Gasteiger partial charge in [0.2, 0.25) is 0 Å². The highest BCUT2D eigenvalue weighted by atomic mass is 79.9. The molecule has 0 atom stereocenters. The van der Waals surface area contributed by atoms with E-state index in [4.69, 9.17) is 5.73 Å². The van der Waals surface area contributed by atoms with Gasteiger partial charge in [0, 0.05) is 10.2 Å². The first-order chi connectivity index (χ1) is 9.29. The van der Waals surface area contributed by atoms with Crippen LogP contribution in [0.3, 0.4) is 0 Å². The molecule has 0 saturated heterocycles. The summed E-state index contributed by atoms with van der Waals surface area (Å²) in [6.45, 7) is 1.74. The van der Waals surface area contributed by atoms with Gasteiger partial charge in [-0.3, -0.25) is 4.72 Å². The Labute approximate surface area is 125 Å². The molecular weight excluding hydrogens is 347 g/mol. The molecule has 0 unspecified atom stereocenters. The Morgan fingerprint density at radius 3 is 2.55 bits per heavy atom. The van der Waals surface area contributed by atoms with Gasteiger partial charge in [-0.05, 0) is 58.7 Å². The molecule has 0 aliphatic rings. The molecule has 4 nitrogen and oxygen atoms in total. The van der Waals surface area contributed by atoms with Crippen LogP contribution in [0.4, 0.5) is 15.8 Å². The molecule has 0 aliphatic carbocycles. The Morgan fingerprint density at radius 1 is 1.20 bits per heavy atom. The number of nitrogens with two attached hydrogens (primary N) is 1. The minimum absolute atomic E-state index is 0.0286. The van der Waals surface area contributed by atoms with Gasteiger partial charge in [0.05, 0.1) is 10.6 Å². The number of nitrogen functional groups attached to an aromatic ring is 1. The molecule has 0 aromatic heterocycles. The topological polar surface area (TPSA) is 72.2 Å². The largest absolute Gasteiger partial charge is 0.398 e. The first kappa shape index (κ1) is 14.8. The van der Waals surface area contributed by atoms with Gasteiger partial charge < -0.3 is 5.73 Å². The highest BCUT2D eigenvalue weighted by Crippen LogP contribution is 2.25. The van der Waals surface area contributed by atoms with Gasteiger partial charge in [-0.25, -0.2) is 12.8 Å². The number of rotatable bonds is 3. The van der Waals surface area contributed by atoms with Crippen molar-refractivity contribution in [1.29, 1.82) is 0 Å². The van der Waals surface area contributed by atoms with Gasteiger partial charge in [-0.15, -0.1) is 0 Å². The van der Waals surface area contributed by atoms with Crippen molar-refractivity contribution in [3.63, 3.8) is 0 Å². The summed E-state index contributed by atoms with van der Waals surface area (Å²) in [5, 5.41) is 0. The van der Waals surface area contributed by atoms with Crippen LogP contribution < -0.4 is 10.5 Å². The summed E-state index contributed by atoms with van der Waals surface area (Å²) in [5.41, 5.74) is 6.60. The fraction of sp³-hybridized carbons (Fsp3) is 0.0769. The molecule has 20 heavy (non-hydrogen) atoms. The van der Waals surface area contributed by atoms with E-state index in [9.17, 15) is 12.8 Å². The van der Waals surface area contributed by atoms with Crippen LogP contribution in [0.15, 0.2) is 45.8 Å². The third kappa shape index (κ3) is 3.10. The average molecular weight is 359 g/mol. The summed E-state index contributed by atoms with van der Waals surface area (Å²) in [4.78, 5) is -0.0286. The van der Waals surface area contributed by atoms with E-state index in [-0.39, 0.29) is 16.3 Å². The van der Waals surface area contributed by atoms with Gasteiger partial charge in [-0.1, -0.05) is 6.07 Å². The summed E-state index contributed by atoms with van der Waals surface area (Å²) in [7, 11) is -3.88. The zero-order valence-corrected chi connectivity index (χ0v) is 12.9. The first-order valence-electron chi connectivity index (χ1n) is 5.63. The molecular formula is C13H12BrFN2O2S. The molecule has 2 rings (SSSR count). The minimum Gasteiger partial charge on any atom is -0.398 e. The van der Waals surface area contributed by atoms with Crippen molar-refractivity contribution in [2.45, 2.75) is 11.8 Å². The summed E-state index contributed by atoms with van der Waals surface area (Å²) >= 11 is 3.18. The van der Waals surface area contributed by atoms with Gasteiger partial charge >= 0.3 is 0 Å². The molecule has 106 valence electrons. The second-order valence-electron chi connectivity index (χ2n) is 4.27. The van der Waals surface area contributed by atoms with Gasteiger partial charge in [-0.2, -0.15) is 0 Å². The fourth-order valence-electron chi connectivity index (χ4n) is 1.61. The van der Waals surface area contributed by atoms with Crippen molar-refractivity contribution in [2.75, 3.05) is 10.5 Å². The molecule has 0 aliphatic heterocycles. The Bertz CT molecular complexity index is 763. The fourth-order valence-corrected chi connectivity index (χ4v) is 2.95. The molecule has 0 radical (unpaired) electrons. The molecule has 0 heterocycles. The minimum atomic E-state index is -3.88. The highest BCUT2D eigenvalue weighted by molar-refractivity contribution is 9.10. The molecule has 0 amide bonds. The third-order valence-electron chi connectivity index (χ3n) is 2.64. The number of sulfonamides is 1. The van der Waals surface area contributed by atoms with E-state index in [0.717, 1.165) is 5.56 Å². The predicted molar refractivity (Wildman–Crippen MR) is 80.5 cm³/mol. The summed E-state index contributed by atoms with van der Waals surface area (Å²) in [5.74, 6) is -0.635. The van der Waals surface area contributed by atoms with Crippen LogP contribution in [-0.4, -0.2) is 8.42 Å². The van der Waals surface area contributed by atoms with Crippen molar-refractivity contribution in [1.82, 2.24) is 0 Å². The molecule has 7 heteroatoms. The Kier molecular flexibility index (Phi) is 4.01. The van der Waals surface area contributed by atoms with Crippen LogP contribution >= 0.6 is 15.9 Å². The average Bonchev–Trinajstić information content (AvgIpc) is 2.36. The van der Waals surface area contributed by atoms with E-state index in [1.807, 2.05) is 0 Å². The summed E-state index contributed by atoms with van der Waals surface area (Å²) in [6.07, 6.45) is 0. The van der Waals surface area contributed by atoms with E-state index in [2.05, 4.69) is 20.7 Å². The lowest BCUT2D eigenvalue weighted by atomic mass is 10.2. The Morgan fingerprint density at radius 2 is 1.90 bits per heavy atom. The smallest absolute Gasteiger partial charge is 0.262 e. The standard InChI is InChI=1S/C13H12BrFN2O2S/c1-8-2-5-11(15)13(6-8)17-20(18,19)9-3-4-10(14)12(16)7-9/h2-7,17H,16H2,1H3. The van der Waals surface area contributed by atoms with Crippen LogP contribution in [0.5, 0.6) is 0 Å². The lowest BCUT2D eigenvalue weighted by Crippen LogP contribution is -2.14. The van der Waals surface area contributed by atoms with E-state index in [0.29, 0.717) is 4.47 Å². The van der Waals surface area contributed by atoms with E-state index >= 15 is 0 Å². The molecule has 0 bridgehead atoms. The SMILES string of the molecule is Cc1ccc(F)c(NS(=O)(=O)c2ccc(Br)c(N)c2)c1. The van der Waals surface area contributed by atoms with Gasteiger partial charge in [0.15, 0.2) is 0 Å². The Hall–Kier alpha value is -1.60. The van der Waals surface area contributed by atoms with Crippen molar-refractivity contribution in [2.24, 2.45) is 0 Å². The molecule has 2 aromatic carbocycles. The summed E-state index contributed by atoms with van der Waals surface area (Å²) in [6, 6.07) is 8.41. The molecule has 2 aromatic rings. The van der Waals surface area contributed by atoms with Crippen molar-refractivity contribution in [3.8, 4) is 0 Å². The number of aryl methyl sites for hydroxylation is 1. The third-order valence-corrected chi connectivity index (χ3v) is 4.73. The number of halogens is 2. The van der Waals surface area contributed by atoms with E-state index < -0.39 is 15.8 Å². The Balaban J connectivity index is 2.40. The number of nitrogens with one attached hydrogen (secondary N) is 1. The molecule has 0 spiro atoms. The number of hydrogen-bond donors (Lipinski definition) is 2. The van der Waals surface area contributed by atoms with E-state index in [1.165, 1.54) is 30.3 Å². The van der Waals surface area contributed by atoms with E-state index in [1.54, 1.807) is 13.0 Å². The van der Waals surface area contributed by atoms with Gasteiger partial charge in [0.25, 0.3) is 10.0 Å². The van der Waals surface area contributed by atoms with Crippen molar-refractivity contribution < 1.29 is 12.8 Å². The summed E-state index contributed by atoms with van der Waals surface area (Å²) < 4.78 is 40.8. The highest BCUT2D eigenvalue weighted by Gasteiger charge is 2.17. The number of benzene rings is 2. The van der Waals surface area contributed by atoms with Gasteiger partial charge in [0.1, 0.15) is 5.82 Å². The van der Waals surface area contributed by atoms with Crippen LogP contribution in [0.2, 0.25) is 0 Å². The maximum atomic E-state index is 13.6. The maximum Gasteiger partial charge on any atom is 0.262 e. The second kappa shape index (κ2) is 5.41. The second-order valence-corrected chi connectivity index (χ2v) is 6.81. The monoisotopic (exact) mass is 358 g/mol. The number of anilines is 2. The molecule has 0 saturated carbocycles. The normalized spacial score (nSPS) is 11.3. The molecule has 3 N–H and O–H groups in total. The first-order valence-corrected chi connectivity index (χ1v) is 7.91. The van der Waals surface area contributed by atoms with Crippen LogP contribution in [0, 0.1) is 12.7 Å². The maximum absolute atomic E-state index is 13.6. The molecule has 0 fully saturated rings. The van der Waals surface area contributed by atoms with Crippen LogP contribution in [0.1, 0.15) is 5.56 Å².